The summed E-state index contributed by atoms with van der Waals surface area (Å²) in [6, 6.07) is 0. The summed E-state index contributed by atoms with van der Waals surface area (Å²) in [5, 5.41) is 0. The Hall–Kier alpha value is -0.510. The summed E-state index contributed by atoms with van der Waals surface area (Å²) in [4.78, 5) is 3.14. The van der Waals surface area contributed by atoms with Crippen molar-refractivity contribution in [3.8, 4) is 0 Å². The van der Waals surface area contributed by atoms with Crippen molar-refractivity contribution in [2.24, 2.45) is 0 Å². The number of rotatable bonds is 2. The number of nitrogens with zero attached hydrogens (tertiary/aromatic N) is 1. The highest BCUT2D eigenvalue weighted by Gasteiger charge is 1.77. The summed E-state index contributed by atoms with van der Waals surface area (Å²) >= 11 is 0. The van der Waals surface area contributed by atoms with Gasteiger partial charge in [-0.15, -0.1) is 0 Å². The Labute approximate surface area is 38.8 Å². The van der Waals surface area contributed by atoms with Crippen LogP contribution in [0.15, 0.2) is 0 Å². The smallest absolute Gasteiger partial charge is 0.214 e. The molecule has 0 aliphatic rings. The fourth-order valence-electron chi connectivity index (χ4n) is 0.191. The summed E-state index contributed by atoms with van der Waals surface area (Å²) in [5.74, 6) is 0. The van der Waals surface area contributed by atoms with Gasteiger partial charge in [0.1, 0.15) is 0 Å². The van der Waals surface area contributed by atoms with Gasteiger partial charge in [0.2, 0.25) is 6.54 Å². The molecule has 0 aromatic heterocycles. The Bertz CT molecular complexity index is 51.4. The summed E-state index contributed by atoms with van der Waals surface area (Å²) < 4.78 is 0. The Morgan fingerprint density at radius 1 is 1.67 bits per heavy atom. The molecule has 0 saturated carbocycles. The molecular weight excluding hydrogens is 74.1 g/mol. The first-order chi connectivity index (χ1) is 2.91. The van der Waals surface area contributed by atoms with Crippen molar-refractivity contribution in [3.05, 3.63) is 18.3 Å². The van der Waals surface area contributed by atoms with Gasteiger partial charge < -0.3 is 4.85 Å². The van der Waals surface area contributed by atoms with E-state index in [1.54, 1.807) is 0 Å². The van der Waals surface area contributed by atoms with Crippen LogP contribution in [0.2, 0.25) is 0 Å². The molecule has 1 heteroatoms. The fraction of sp³-hybridized carbons (Fsp3) is 0.600. The minimum absolute atomic E-state index is 0.642. The first-order valence-electron chi connectivity index (χ1n) is 2.04. The second-order valence-electron chi connectivity index (χ2n) is 1.09. The lowest BCUT2D eigenvalue weighted by Crippen LogP contribution is -1.70. The Kier molecular flexibility index (Phi) is 4.11. The van der Waals surface area contributed by atoms with Gasteiger partial charge in [-0.05, 0) is 6.42 Å². The van der Waals surface area contributed by atoms with E-state index in [-0.39, 0.29) is 0 Å². The molecule has 0 spiro atoms. The van der Waals surface area contributed by atoms with E-state index < -0.39 is 0 Å². The van der Waals surface area contributed by atoms with E-state index >= 15 is 0 Å². The van der Waals surface area contributed by atoms with Crippen LogP contribution >= 0.6 is 0 Å². The second-order valence-corrected chi connectivity index (χ2v) is 1.09. The SMILES string of the molecule is [C-]#[N+]CCC[CH2]. The van der Waals surface area contributed by atoms with Gasteiger partial charge in [0.05, 0.1) is 0 Å². The van der Waals surface area contributed by atoms with E-state index in [1.165, 1.54) is 0 Å². The minimum atomic E-state index is 0.642. The van der Waals surface area contributed by atoms with Crippen LogP contribution in [-0.2, 0) is 0 Å². The number of hydrogen-bond donors (Lipinski definition) is 0. The van der Waals surface area contributed by atoms with Crippen molar-refractivity contribution in [3.63, 3.8) is 0 Å². The average molecular weight is 82.1 g/mol. The maximum atomic E-state index is 6.30. The maximum Gasteiger partial charge on any atom is 0.214 e. The van der Waals surface area contributed by atoms with E-state index in [4.69, 9.17) is 6.57 Å². The van der Waals surface area contributed by atoms with Crippen LogP contribution < -0.4 is 0 Å². The molecule has 0 heterocycles. The molecule has 0 N–H and O–H groups in total. The summed E-state index contributed by atoms with van der Waals surface area (Å²) in [6.45, 7) is 10.5. The zero-order valence-electron chi connectivity index (χ0n) is 3.78. The lowest BCUT2D eigenvalue weighted by atomic mass is 10.3. The molecular formula is C5H8N. The molecule has 1 radical (unpaired) electrons. The van der Waals surface area contributed by atoms with E-state index in [0.717, 1.165) is 12.8 Å². The number of hydrogen-bond acceptors (Lipinski definition) is 0. The molecule has 0 aromatic carbocycles. The molecule has 0 bridgehead atoms. The third-order valence-electron chi connectivity index (χ3n) is 0.520. The Morgan fingerprint density at radius 3 is 2.50 bits per heavy atom. The first kappa shape index (κ1) is 5.49. The Balaban J connectivity index is 2.54. The van der Waals surface area contributed by atoms with E-state index in [2.05, 4.69) is 11.8 Å². The van der Waals surface area contributed by atoms with Crippen molar-refractivity contribution >= 4 is 0 Å². The van der Waals surface area contributed by atoms with E-state index in [0.29, 0.717) is 6.54 Å². The molecule has 1 nitrogen and oxygen atoms in total. The van der Waals surface area contributed by atoms with Crippen LogP contribution in [0.3, 0.4) is 0 Å². The monoisotopic (exact) mass is 82.1 g/mol. The predicted octanol–water partition coefficient (Wildman–Crippen LogP) is 1.52. The predicted molar refractivity (Wildman–Crippen MR) is 26.1 cm³/mol. The van der Waals surface area contributed by atoms with Gasteiger partial charge in [-0.1, -0.05) is 6.92 Å². The van der Waals surface area contributed by atoms with Gasteiger partial charge in [0, 0.05) is 6.42 Å². The lowest BCUT2D eigenvalue weighted by Gasteiger charge is -1.75. The second kappa shape index (κ2) is 4.49. The molecule has 0 amide bonds. The van der Waals surface area contributed by atoms with Crippen LogP contribution in [-0.4, -0.2) is 6.54 Å². The molecule has 0 aliphatic carbocycles. The molecule has 0 saturated heterocycles. The van der Waals surface area contributed by atoms with Gasteiger partial charge in [0.25, 0.3) is 0 Å². The highest BCUT2D eigenvalue weighted by atomic mass is 14.6. The van der Waals surface area contributed by atoms with E-state index in [9.17, 15) is 0 Å². The molecule has 33 valence electrons. The summed E-state index contributed by atoms with van der Waals surface area (Å²) in [6.07, 6.45) is 1.84. The average Bonchev–Trinajstić information content (AvgIpc) is 1.61. The highest BCUT2D eigenvalue weighted by Crippen LogP contribution is 1.83. The fourth-order valence-corrected chi connectivity index (χ4v) is 0.191. The molecule has 0 aliphatic heterocycles. The highest BCUT2D eigenvalue weighted by molar-refractivity contribution is 4.57. The van der Waals surface area contributed by atoms with Crippen molar-refractivity contribution in [2.45, 2.75) is 12.8 Å². The summed E-state index contributed by atoms with van der Waals surface area (Å²) in [5.41, 5.74) is 0. The van der Waals surface area contributed by atoms with Crippen molar-refractivity contribution in [1.29, 1.82) is 0 Å². The minimum Gasteiger partial charge on any atom is -0.317 e. The van der Waals surface area contributed by atoms with Crippen molar-refractivity contribution in [1.82, 2.24) is 0 Å². The van der Waals surface area contributed by atoms with Gasteiger partial charge in [-0.2, -0.15) is 0 Å². The molecule has 0 atom stereocenters. The zero-order chi connectivity index (χ0) is 4.83. The molecule has 0 rings (SSSR count). The third-order valence-corrected chi connectivity index (χ3v) is 0.520. The van der Waals surface area contributed by atoms with Crippen LogP contribution in [0.4, 0.5) is 0 Å². The normalized spacial score (nSPS) is 7.33. The van der Waals surface area contributed by atoms with Crippen LogP contribution in [0, 0.1) is 13.5 Å². The van der Waals surface area contributed by atoms with Crippen LogP contribution in [0.1, 0.15) is 12.8 Å². The van der Waals surface area contributed by atoms with Crippen molar-refractivity contribution < 1.29 is 0 Å². The third kappa shape index (κ3) is 3.49. The maximum absolute atomic E-state index is 6.30. The first-order valence-corrected chi connectivity index (χ1v) is 2.04. The Morgan fingerprint density at radius 2 is 2.33 bits per heavy atom. The van der Waals surface area contributed by atoms with E-state index in [1.807, 2.05) is 0 Å². The molecule has 0 fully saturated rings. The molecule has 0 unspecified atom stereocenters. The number of unbranched alkanes of at least 4 members (excludes halogenated alkanes) is 1. The topological polar surface area (TPSA) is 4.36 Å². The van der Waals surface area contributed by atoms with Crippen LogP contribution in [0.5, 0.6) is 0 Å². The quantitative estimate of drug-likeness (QED) is 0.351. The zero-order valence-corrected chi connectivity index (χ0v) is 3.78. The molecule has 0 aromatic rings. The largest absolute Gasteiger partial charge is 0.317 e. The van der Waals surface area contributed by atoms with Gasteiger partial charge in [-0.3, -0.25) is 0 Å². The van der Waals surface area contributed by atoms with Gasteiger partial charge in [0.15, 0.2) is 0 Å². The lowest BCUT2D eigenvalue weighted by molar-refractivity contribution is 0.921. The molecule has 6 heavy (non-hydrogen) atoms. The van der Waals surface area contributed by atoms with Crippen molar-refractivity contribution in [2.75, 3.05) is 6.54 Å². The van der Waals surface area contributed by atoms with Gasteiger partial charge in [-0.25, -0.2) is 6.57 Å². The summed E-state index contributed by atoms with van der Waals surface area (Å²) in [7, 11) is 0. The van der Waals surface area contributed by atoms with Crippen LogP contribution in [0.25, 0.3) is 4.85 Å². The standard InChI is InChI=1S/C5H8N/c1-3-4-5-6-2/h1,3-5H2. The van der Waals surface area contributed by atoms with Gasteiger partial charge >= 0.3 is 0 Å².